The standard InChI is InChI=1S/C28H26N8/c1-7-11(5)31-25-19-13(7)14-8(2)12(6)32-26-20(14)18-17(19)21-15(9(3)23(29)33-27(21)35-25)16-10(4)24(30)34-28(36-26)22(16)18/h7,10-11,24H,30H2,1-6H3,(H2,29,31,33,35). The summed E-state index contributed by atoms with van der Waals surface area (Å²) in [5, 5.41) is 8.93. The Morgan fingerprint density at radius 3 is 1.81 bits per heavy atom. The number of nitrogens with two attached hydrogens (primary N) is 2. The first-order valence-corrected chi connectivity index (χ1v) is 12.6. The summed E-state index contributed by atoms with van der Waals surface area (Å²) in [6.45, 7) is 12.8. The van der Waals surface area contributed by atoms with Gasteiger partial charge >= 0.3 is 0 Å². The number of pyridine rings is 4. The fourth-order valence-electron chi connectivity index (χ4n) is 6.88. The first kappa shape index (κ1) is 20.4. The number of fused-ring (bicyclic) bond motifs is 2. The van der Waals surface area contributed by atoms with Crippen LogP contribution in [0, 0.1) is 20.8 Å². The molecule has 4 N–H and O–H groups in total. The highest BCUT2D eigenvalue weighted by atomic mass is 15.0. The van der Waals surface area contributed by atoms with E-state index in [4.69, 9.17) is 41.4 Å². The molecule has 0 fully saturated rings. The second kappa shape index (κ2) is 6.13. The SMILES string of the molecule is Cc1nc2nc3c4c(c5c(C)c(N)nc6nc7c8c(c(c1C)c2c4c8c65)C(C)C(C)N=7)C(C)C(N)N=3. The van der Waals surface area contributed by atoms with Crippen molar-refractivity contribution in [1.29, 1.82) is 0 Å². The smallest absolute Gasteiger partial charge is 0.165 e. The molecule has 0 spiro atoms. The van der Waals surface area contributed by atoms with Crippen LogP contribution in [0.1, 0.15) is 60.6 Å². The Balaban J connectivity index is 1.90. The van der Waals surface area contributed by atoms with Gasteiger partial charge in [0, 0.05) is 49.8 Å². The second-order valence-corrected chi connectivity index (χ2v) is 10.9. The molecule has 0 radical (unpaired) electrons. The first-order chi connectivity index (χ1) is 17.2. The van der Waals surface area contributed by atoms with E-state index < -0.39 is 6.17 Å². The van der Waals surface area contributed by atoms with E-state index in [1.807, 2.05) is 6.92 Å². The van der Waals surface area contributed by atoms with Crippen molar-refractivity contribution in [3.63, 3.8) is 0 Å². The minimum absolute atomic E-state index is 0.0159. The van der Waals surface area contributed by atoms with Gasteiger partial charge in [0.1, 0.15) is 12.0 Å². The van der Waals surface area contributed by atoms with Crippen LogP contribution in [0.4, 0.5) is 5.82 Å². The van der Waals surface area contributed by atoms with Crippen molar-refractivity contribution >= 4 is 60.2 Å². The lowest BCUT2D eigenvalue weighted by atomic mass is 9.76. The molecule has 6 aromatic rings. The molecule has 2 aliphatic heterocycles. The van der Waals surface area contributed by atoms with E-state index in [1.165, 1.54) is 16.5 Å². The van der Waals surface area contributed by atoms with E-state index in [0.717, 1.165) is 65.7 Å². The summed E-state index contributed by atoms with van der Waals surface area (Å²) in [5.74, 6) is 0.685. The van der Waals surface area contributed by atoms with E-state index in [9.17, 15) is 0 Å². The lowest BCUT2D eigenvalue weighted by molar-refractivity contribution is 0.571. The topological polar surface area (TPSA) is 128 Å². The number of hydrogen-bond donors (Lipinski definition) is 2. The summed E-state index contributed by atoms with van der Waals surface area (Å²) >= 11 is 0. The summed E-state index contributed by atoms with van der Waals surface area (Å²) in [5.41, 5.74) is 21.4. The normalized spacial score (nSPS) is 23.4. The van der Waals surface area contributed by atoms with Crippen LogP contribution in [0.15, 0.2) is 9.98 Å². The molecule has 0 saturated carbocycles. The van der Waals surface area contributed by atoms with Crippen molar-refractivity contribution in [3.8, 4) is 0 Å². The fourth-order valence-corrected chi connectivity index (χ4v) is 6.88. The number of aromatic nitrogens is 4. The molecule has 8 nitrogen and oxygen atoms in total. The van der Waals surface area contributed by atoms with Gasteiger partial charge in [-0.15, -0.1) is 0 Å². The van der Waals surface area contributed by atoms with Gasteiger partial charge in [-0.1, -0.05) is 13.8 Å². The average Bonchev–Trinajstić information content (AvgIpc) is 2.84. The van der Waals surface area contributed by atoms with Gasteiger partial charge in [-0.3, -0.25) is 4.99 Å². The number of nitrogen functional groups attached to an aromatic ring is 1. The summed E-state index contributed by atoms with van der Waals surface area (Å²) in [6.07, 6.45) is -0.409. The maximum absolute atomic E-state index is 6.59. The van der Waals surface area contributed by atoms with Crippen LogP contribution in [-0.4, -0.2) is 32.1 Å². The highest BCUT2D eigenvalue weighted by Gasteiger charge is 2.35. The van der Waals surface area contributed by atoms with E-state index in [0.29, 0.717) is 17.0 Å². The van der Waals surface area contributed by atoms with Crippen molar-refractivity contribution in [3.05, 3.63) is 38.9 Å². The van der Waals surface area contributed by atoms with Gasteiger partial charge < -0.3 is 11.5 Å². The Morgan fingerprint density at radius 1 is 0.583 bits per heavy atom. The van der Waals surface area contributed by atoms with E-state index in [1.54, 1.807) is 0 Å². The minimum Gasteiger partial charge on any atom is -0.383 e. The third kappa shape index (κ3) is 2.05. The Kier molecular flexibility index (Phi) is 3.47. The van der Waals surface area contributed by atoms with Crippen LogP contribution in [0.2, 0.25) is 0 Å². The Hall–Kier alpha value is -3.78. The largest absolute Gasteiger partial charge is 0.383 e. The summed E-state index contributed by atoms with van der Waals surface area (Å²) < 4.78 is 0. The Bertz CT molecular complexity index is 1960. The van der Waals surface area contributed by atoms with Crippen molar-refractivity contribution in [2.45, 2.75) is 65.6 Å². The molecule has 6 heterocycles. The summed E-state index contributed by atoms with van der Waals surface area (Å²) in [4.78, 5) is 29.8. The number of hydrogen-bond acceptors (Lipinski definition) is 8. The van der Waals surface area contributed by atoms with Crippen LogP contribution >= 0.6 is 0 Å². The maximum Gasteiger partial charge on any atom is 0.165 e. The molecule has 4 aromatic heterocycles. The number of benzene rings is 2. The number of anilines is 1. The average molecular weight is 475 g/mol. The molecule has 2 aromatic carbocycles. The van der Waals surface area contributed by atoms with Crippen LogP contribution in [-0.2, 0) is 0 Å². The van der Waals surface area contributed by atoms with Gasteiger partial charge in [0.25, 0.3) is 0 Å². The molecule has 4 unspecified atom stereocenters. The highest BCUT2D eigenvalue weighted by Crippen LogP contribution is 2.50. The molecule has 8 heteroatoms. The minimum atomic E-state index is -0.409. The van der Waals surface area contributed by atoms with Crippen molar-refractivity contribution in [2.75, 3.05) is 5.73 Å². The maximum atomic E-state index is 6.59. The molecule has 0 aliphatic carbocycles. The quantitative estimate of drug-likeness (QED) is 0.256. The molecule has 178 valence electrons. The fraction of sp³-hybridized carbons (Fsp3) is 0.357. The molecule has 2 aliphatic rings. The predicted molar refractivity (Wildman–Crippen MR) is 143 cm³/mol. The molecule has 0 saturated heterocycles. The first-order valence-electron chi connectivity index (χ1n) is 12.6. The van der Waals surface area contributed by atoms with E-state index in [-0.39, 0.29) is 17.9 Å². The zero-order valence-electron chi connectivity index (χ0n) is 21.1. The lowest BCUT2D eigenvalue weighted by Crippen LogP contribution is -2.34. The van der Waals surface area contributed by atoms with E-state index in [2.05, 4.69) is 34.6 Å². The third-order valence-corrected chi connectivity index (χ3v) is 9.07. The highest BCUT2D eigenvalue weighted by molar-refractivity contribution is 6.37. The second-order valence-electron chi connectivity index (χ2n) is 10.9. The van der Waals surface area contributed by atoms with Crippen molar-refractivity contribution < 1.29 is 0 Å². The predicted octanol–water partition coefficient (Wildman–Crippen LogP) is 3.56. The van der Waals surface area contributed by atoms with Gasteiger partial charge in [0.15, 0.2) is 22.3 Å². The van der Waals surface area contributed by atoms with Gasteiger partial charge in [-0.05, 0) is 60.7 Å². The number of rotatable bonds is 0. The number of nitrogens with zero attached hydrogens (tertiary/aromatic N) is 6. The van der Waals surface area contributed by atoms with Gasteiger partial charge in [0.2, 0.25) is 0 Å². The number of aryl methyl sites for hydroxylation is 3. The zero-order chi connectivity index (χ0) is 24.9. The summed E-state index contributed by atoms with van der Waals surface area (Å²) in [6, 6.07) is 0.0840. The summed E-state index contributed by atoms with van der Waals surface area (Å²) in [7, 11) is 0. The molecule has 4 atom stereocenters. The Labute approximate surface area is 206 Å². The van der Waals surface area contributed by atoms with Crippen molar-refractivity contribution in [1.82, 2.24) is 19.9 Å². The van der Waals surface area contributed by atoms with Crippen LogP contribution in [0.25, 0.3) is 54.4 Å². The molecule has 8 rings (SSSR count). The van der Waals surface area contributed by atoms with Crippen LogP contribution in [0.5, 0.6) is 0 Å². The van der Waals surface area contributed by atoms with Crippen LogP contribution < -0.4 is 22.4 Å². The van der Waals surface area contributed by atoms with Crippen LogP contribution in [0.3, 0.4) is 0 Å². The third-order valence-electron chi connectivity index (χ3n) is 9.07. The van der Waals surface area contributed by atoms with Gasteiger partial charge in [-0.2, -0.15) is 0 Å². The Morgan fingerprint density at radius 2 is 1.14 bits per heavy atom. The molecular formula is C28H26N8. The molecule has 0 amide bonds. The van der Waals surface area contributed by atoms with Gasteiger partial charge in [0.05, 0.1) is 6.04 Å². The molecule has 36 heavy (non-hydrogen) atoms. The van der Waals surface area contributed by atoms with Gasteiger partial charge in [-0.25, -0.2) is 24.9 Å². The molecular weight excluding hydrogens is 448 g/mol. The monoisotopic (exact) mass is 474 g/mol. The molecule has 0 bridgehead atoms. The lowest BCUT2D eigenvalue weighted by Gasteiger charge is -2.32. The van der Waals surface area contributed by atoms with E-state index >= 15 is 0 Å². The zero-order valence-corrected chi connectivity index (χ0v) is 21.1. The van der Waals surface area contributed by atoms with Crippen molar-refractivity contribution in [2.24, 2.45) is 15.7 Å².